The fraction of sp³-hybridized carbons (Fsp3) is 0.588. The monoisotopic (exact) mass is 433 g/mol. The number of hydrogen-bond donors (Lipinski definition) is 2. The number of benzene rings is 1. The molecule has 1 aromatic carbocycles. The first-order valence-electron chi connectivity index (χ1n) is 7.77. The Labute approximate surface area is 156 Å². The Bertz CT molecular complexity index is 547. The quantitative estimate of drug-likeness (QED) is 0.436. The van der Waals surface area contributed by atoms with Gasteiger partial charge >= 0.3 is 0 Å². The lowest BCUT2D eigenvalue weighted by Gasteiger charge is -2.23. The van der Waals surface area contributed by atoms with Crippen molar-refractivity contribution in [1.29, 1.82) is 0 Å². The van der Waals surface area contributed by atoms with Crippen LogP contribution >= 0.6 is 24.0 Å². The molecule has 1 aromatic rings. The maximum Gasteiger partial charge on any atom is 0.193 e. The minimum absolute atomic E-state index is 0. The van der Waals surface area contributed by atoms with Crippen LogP contribution in [-0.4, -0.2) is 49.8 Å². The molecule has 2 N–H and O–H groups in total. The first-order chi connectivity index (χ1) is 10.4. The molecule has 1 fully saturated rings. The summed E-state index contributed by atoms with van der Waals surface area (Å²) >= 11 is 0. The van der Waals surface area contributed by atoms with Crippen LogP contribution in [0.15, 0.2) is 23.2 Å². The van der Waals surface area contributed by atoms with Gasteiger partial charge in [-0.2, -0.15) is 0 Å². The van der Waals surface area contributed by atoms with Gasteiger partial charge in [0.25, 0.3) is 0 Å². The van der Waals surface area contributed by atoms with Gasteiger partial charge in [-0.25, -0.2) is 0 Å². The zero-order chi connectivity index (χ0) is 16.2. The van der Waals surface area contributed by atoms with E-state index in [0.29, 0.717) is 11.2 Å². The predicted molar refractivity (Wildman–Crippen MR) is 105 cm³/mol. The Morgan fingerprint density at radius 2 is 2.17 bits per heavy atom. The maximum absolute atomic E-state index is 9.98. The van der Waals surface area contributed by atoms with Crippen molar-refractivity contribution >= 4 is 29.9 Å². The highest BCUT2D eigenvalue weighted by Gasteiger charge is 2.30. The van der Waals surface area contributed by atoms with E-state index in [1.165, 1.54) is 6.42 Å². The molecule has 0 radical (unpaired) electrons. The molecular weight excluding hydrogens is 405 g/mol. The van der Waals surface area contributed by atoms with Crippen LogP contribution in [0.4, 0.5) is 0 Å². The number of nitrogens with one attached hydrogen (secondary N) is 1. The lowest BCUT2D eigenvalue weighted by molar-refractivity contribution is 0.370. The number of rotatable bonds is 4. The summed E-state index contributed by atoms with van der Waals surface area (Å²) in [5, 5.41) is 13.4. The molecule has 0 amide bonds. The van der Waals surface area contributed by atoms with E-state index in [9.17, 15) is 5.11 Å². The minimum Gasteiger partial charge on any atom is -0.508 e. The lowest BCUT2D eigenvalue weighted by atomic mass is 9.93. The van der Waals surface area contributed by atoms with Crippen LogP contribution in [0.1, 0.15) is 25.8 Å². The second-order valence-corrected chi connectivity index (χ2v) is 6.55. The summed E-state index contributed by atoms with van der Waals surface area (Å²) in [6.07, 6.45) is 1.93. The average Bonchev–Trinajstić information content (AvgIpc) is 2.85. The molecule has 0 bridgehead atoms. The third kappa shape index (κ3) is 5.44. The van der Waals surface area contributed by atoms with Crippen molar-refractivity contribution in [3.63, 3.8) is 0 Å². The molecule has 0 aromatic heterocycles. The number of phenolic OH excluding ortho intramolecular Hbond substituents is 1. The number of guanidine groups is 1. The third-order valence-corrected chi connectivity index (χ3v) is 4.16. The van der Waals surface area contributed by atoms with Crippen molar-refractivity contribution < 1.29 is 9.84 Å². The first kappa shape index (κ1) is 19.9. The molecule has 23 heavy (non-hydrogen) atoms. The molecular formula is C17H28IN3O2. The summed E-state index contributed by atoms with van der Waals surface area (Å²) in [7, 11) is 3.41. The molecule has 1 heterocycles. The van der Waals surface area contributed by atoms with E-state index in [1.807, 2.05) is 19.2 Å². The SMILES string of the molecule is CN=C(NCCc1ccc(OC)cc1O)N1CCC(C)(C)C1.I. The molecule has 0 spiro atoms. The van der Waals surface area contributed by atoms with E-state index < -0.39 is 0 Å². The largest absolute Gasteiger partial charge is 0.508 e. The van der Waals surface area contributed by atoms with Crippen LogP contribution in [0.5, 0.6) is 11.5 Å². The van der Waals surface area contributed by atoms with Gasteiger partial charge in [-0.05, 0) is 29.9 Å². The van der Waals surface area contributed by atoms with Gasteiger partial charge in [-0.1, -0.05) is 19.9 Å². The number of aromatic hydroxyl groups is 1. The van der Waals surface area contributed by atoms with Crippen molar-refractivity contribution in [1.82, 2.24) is 10.2 Å². The molecule has 0 saturated carbocycles. The molecule has 130 valence electrons. The standard InChI is InChI=1S/C17H27N3O2.HI/c1-17(2)8-10-20(12-17)16(18-3)19-9-7-13-5-6-14(22-4)11-15(13)21;/h5-6,11,21H,7-10,12H2,1-4H3,(H,18,19);1H. The molecule has 1 aliphatic heterocycles. The van der Waals surface area contributed by atoms with Gasteiger partial charge < -0.3 is 20.1 Å². The van der Waals surface area contributed by atoms with Crippen LogP contribution in [0.2, 0.25) is 0 Å². The molecule has 1 aliphatic rings. The van der Waals surface area contributed by atoms with E-state index in [0.717, 1.165) is 37.6 Å². The van der Waals surface area contributed by atoms with Gasteiger partial charge in [-0.3, -0.25) is 4.99 Å². The van der Waals surface area contributed by atoms with E-state index in [1.54, 1.807) is 13.2 Å². The fourth-order valence-corrected chi connectivity index (χ4v) is 2.82. The topological polar surface area (TPSA) is 57.1 Å². The van der Waals surface area contributed by atoms with Crippen molar-refractivity contribution in [3.05, 3.63) is 23.8 Å². The van der Waals surface area contributed by atoms with Crippen molar-refractivity contribution in [2.75, 3.05) is 33.8 Å². The molecule has 0 aliphatic carbocycles. The van der Waals surface area contributed by atoms with Crippen LogP contribution in [0, 0.1) is 5.41 Å². The third-order valence-electron chi connectivity index (χ3n) is 4.16. The van der Waals surface area contributed by atoms with E-state index in [4.69, 9.17) is 4.74 Å². The van der Waals surface area contributed by atoms with Crippen LogP contribution in [-0.2, 0) is 6.42 Å². The van der Waals surface area contributed by atoms with Crippen molar-refractivity contribution in [2.45, 2.75) is 26.7 Å². The number of phenols is 1. The highest BCUT2D eigenvalue weighted by atomic mass is 127. The highest BCUT2D eigenvalue weighted by molar-refractivity contribution is 14.0. The molecule has 0 atom stereocenters. The average molecular weight is 433 g/mol. The summed E-state index contributed by atoms with van der Waals surface area (Å²) < 4.78 is 5.10. The first-order valence-corrected chi connectivity index (χ1v) is 7.77. The minimum atomic E-state index is 0. The van der Waals surface area contributed by atoms with Crippen molar-refractivity contribution in [3.8, 4) is 11.5 Å². The van der Waals surface area contributed by atoms with Crippen molar-refractivity contribution in [2.24, 2.45) is 10.4 Å². The zero-order valence-electron chi connectivity index (χ0n) is 14.4. The predicted octanol–water partition coefficient (Wildman–Crippen LogP) is 2.87. The molecule has 6 heteroatoms. The number of hydrogen-bond acceptors (Lipinski definition) is 3. The normalized spacial score (nSPS) is 16.9. The number of likely N-dealkylation sites (tertiary alicyclic amines) is 1. The molecule has 2 rings (SSSR count). The summed E-state index contributed by atoms with van der Waals surface area (Å²) in [6.45, 7) is 7.38. The van der Waals surface area contributed by atoms with Crippen LogP contribution in [0.25, 0.3) is 0 Å². The number of halogens is 1. The lowest BCUT2D eigenvalue weighted by Crippen LogP contribution is -2.41. The van der Waals surface area contributed by atoms with Gasteiger partial charge in [0.15, 0.2) is 5.96 Å². The summed E-state index contributed by atoms with van der Waals surface area (Å²) in [4.78, 5) is 6.67. The number of methoxy groups -OCH3 is 1. The molecule has 1 saturated heterocycles. The Kier molecular flexibility index (Phi) is 7.44. The van der Waals surface area contributed by atoms with Gasteiger partial charge in [0, 0.05) is 32.7 Å². The van der Waals surface area contributed by atoms with E-state index >= 15 is 0 Å². The second kappa shape index (κ2) is 8.61. The van der Waals surface area contributed by atoms with Gasteiger partial charge in [0.1, 0.15) is 11.5 Å². The number of nitrogens with zero attached hydrogens (tertiary/aromatic N) is 2. The number of aliphatic imine (C=N–C) groups is 1. The van der Waals surface area contributed by atoms with Crippen LogP contribution in [0.3, 0.4) is 0 Å². The van der Waals surface area contributed by atoms with Gasteiger partial charge in [0.2, 0.25) is 0 Å². The zero-order valence-corrected chi connectivity index (χ0v) is 16.8. The van der Waals surface area contributed by atoms with E-state index in [2.05, 4.69) is 29.1 Å². The fourth-order valence-electron chi connectivity index (χ4n) is 2.82. The summed E-state index contributed by atoms with van der Waals surface area (Å²) in [5.74, 6) is 1.89. The number of ether oxygens (including phenoxy) is 1. The summed E-state index contributed by atoms with van der Waals surface area (Å²) in [5.41, 5.74) is 1.26. The smallest absolute Gasteiger partial charge is 0.193 e. The maximum atomic E-state index is 9.98. The van der Waals surface area contributed by atoms with Crippen LogP contribution < -0.4 is 10.1 Å². The van der Waals surface area contributed by atoms with Gasteiger partial charge in [-0.15, -0.1) is 24.0 Å². The summed E-state index contributed by atoms with van der Waals surface area (Å²) in [6, 6.07) is 5.41. The Balaban J connectivity index is 0.00000264. The highest BCUT2D eigenvalue weighted by Crippen LogP contribution is 2.28. The Morgan fingerprint density at radius 1 is 1.43 bits per heavy atom. The second-order valence-electron chi connectivity index (χ2n) is 6.55. The Hall–Kier alpha value is -1.18. The molecule has 5 nitrogen and oxygen atoms in total. The Morgan fingerprint density at radius 3 is 2.70 bits per heavy atom. The van der Waals surface area contributed by atoms with Gasteiger partial charge in [0.05, 0.1) is 7.11 Å². The van der Waals surface area contributed by atoms with E-state index in [-0.39, 0.29) is 29.7 Å². The molecule has 0 unspecified atom stereocenters.